The number of rotatable bonds is 14. The van der Waals surface area contributed by atoms with Crippen LogP contribution in [0.3, 0.4) is 0 Å². The lowest BCUT2D eigenvalue weighted by atomic mass is 10.0. The maximum Gasteiger partial charge on any atom is 0.357 e. The Labute approximate surface area is 313 Å². The van der Waals surface area contributed by atoms with Crippen LogP contribution >= 0.6 is 22.7 Å². The molecule has 0 radical (unpaired) electrons. The third-order valence-electron chi connectivity index (χ3n) is 9.88. The Morgan fingerprint density at radius 3 is 2.58 bits per heavy atom. The molecule has 0 saturated heterocycles. The van der Waals surface area contributed by atoms with Gasteiger partial charge in [-0.05, 0) is 93.4 Å². The van der Waals surface area contributed by atoms with Gasteiger partial charge in [-0.15, -0.1) is 21.5 Å². The van der Waals surface area contributed by atoms with Crippen molar-refractivity contribution in [3.8, 4) is 5.75 Å². The Morgan fingerprint density at radius 2 is 1.83 bits per heavy atom. The number of carbonyl (C=O) groups is 1. The number of nitrogens with one attached hydrogen (secondary N) is 1. The SMILES string of the molecule is COC(=O)c1nc(N2CCCc3c2nnc(Nc2nc4ccccc4s2)c3C)sc1CCCOc1ccc(CCCO[Si](C)(C)C(C)(C)C)cc1F. The number of nitrogens with zero attached hydrogens (tertiary/aromatic N) is 5. The van der Waals surface area contributed by atoms with E-state index in [4.69, 9.17) is 18.9 Å². The molecule has 0 bridgehead atoms. The minimum atomic E-state index is -1.79. The molecular weight excluding hydrogens is 716 g/mol. The molecule has 2 aromatic carbocycles. The Kier molecular flexibility index (Phi) is 11.6. The fourth-order valence-electron chi connectivity index (χ4n) is 5.84. The van der Waals surface area contributed by atoms with Gasteiger partial charge in [-0.25, -0.2) is 19.2 Å². The van der Waals surface area contributed by atoms with E-state index >= 15 is 0 Å². The Bertz CT molecular complexity index is 2010. The summed E-state index contributed by atoms with van der Waals surface area (Å²) in [4.78, 5) is 25.0. The number of ether oxygens (including phenoxy) is 2. The number of aromatic nitrogens is 4. The molecule has 0 spiro atoms. The van der Waals surface area contributed by atoms with Crippen molar-refractivity contribution in [3.63, 3.8) is 0 Å². The van der Waals surface area contributed by atoms with E-state index in [-0.39, 0.29) is 28.9 Å². The van der Waals surface area contributed by atoms with Crippen LogP contribution < -0.4 is 15.0 Å². The lowest BCUT2D eigenvalue weighted by molar-refractivity contribution is 0.0593. The first-order chi connectivity index (χ1) is 24.8. The highest BCUT2D eigenvalue weighted by Crippen LogP contribution is 2.40. The van der Waals surface area contributed by atoms with Crippen molar-refractivity contribution >= 4 is 69.1 Å². The van der Waals surface area contributed by atoms with Gasteiger partial charge in [0.05, 0.1) is 23.9 Å². The first kappa shape index (κ1) is 37.8. The van der Waals surface area contributed by atoms with Gasteiger partial charge in [-0.2, -0.15) is 0 Å². The molecule has 0 amide bonds. The number of carbonyl (C=O) groups excluding carboxylic acids is 1. The number of anilines is 4. The summed E-state index contributed by atoms with van der Waals surface area (Å²) in [5.41, 5.74) is 4.23. The van der Waals surface area contributed by atoms with Crippen LogP contribution in [0.1, 0.15) is 72.1 Å². The molecule has 1 aliphatic rings. The molecular formula is C38H47FN6O4S2Si. The number of para-hydroxylation sites is 1. The Morgan fingerprint density at radius 1 is 1.04 bits per heavy atom. The zero-order chi connectivity index (χ0) is 37.0. The number of aryl methyl sites for hydroxylation is 2. The standard InChI is InChI=1S/C38H47FN6O4S2Si/c1-24-26-14-10-20-45(34(26)44-43-33(24)42-36-40-28-15-8-9-16-30(28)50-36)37-41-32(35(46)47-5)31(51-37)17-12-21-48-29-19-18-25(23-27(29)39)13-11-22-49-52(6,7)38(2,3)4/h8-9,15-16,18-19,23H,10-14,17,20-22H2,1-7H3,(H,40,42,43). The summed E-state index contributed by atoms with van der Waals surface area (Å²) in [5.74, 6) is 0.755. The van der Waals surface area contributed by atoms with Gasteiger partial charge in [0, 0.05) is 29.2 Å². The summed E-state index contributed by atoms with van der Waals surface area (Å²) in [5, 5.41) is 14.1. The zero-order valence-electron chi connectivity index (χ0n) is 31.0. The van der Waals surface area contributed by atoms with E-state index in [1.165, 1.54) is 18.4 Å². The lowest BCUT2D eigenvalue weighted by Gasteiger charge is -2.36. The Balaban J connectivity index is 1.07. The van der Waals surface area contributed by atoms with Gasteiger partial charge in [0.25, 0.3) is 0 Å². The van der Waals surface area contributed by atoms with Gasteiger partial charge in [0.1, 0.15) is 0 Å². The number of methoxy groups -OCH3 is 1. The molecule has 0 saturated carbocycles. The quantitative estimate of drug-likeness (QED) is 0.0667. The van der Waals surface area contributed by atoms with Crippen molar-refractivity contribution in [2.45, 2.75) is 84.4 Å². The van der Waals surface area contributed by atoms with E-state index in [2.05, 4.69) is 54.4 Å². The molecule has 0 aliphatic carbocycles. The van der Waals surface area contributed by atoms with Crippen molar-refractivity contribution in [1.82, 2.24) is 20.2 Å². The van der Waals surface area contributed by atoms with Crippen LogP contribution in [0.15, 0.2) is 42.5 Å². The number of esters is 1. The van der Waals surface area contributed by atoms with Crippen LogP contribution in [-0.2, 0) is 28.4 Å². The molecule has 10 nitrogen and oxygen atoms in total. The van der Waals surface area contributed by atoms with Crippen molar-refractivity contribution in [1.29, 1.82) is 0 Å². The van der Waals surface area contributed by atoms with Gasteiger partial charge in [0.2, 0.25) is 0 Å². The van der Waals surface area contributed by atoms with Crippen LogP contribution in [0.4, 0.5) is 26.3 Å². The van der Waals surface area contributed by atoms with Crippen molar-refractivity contribution in [2.75, 3.05) is 37.1 Å². The summed E-state index contributed by atoms with van der Waals surface area (Å²) in [6.07, 6.45) is 4.41. The normalized spacial score (nSPS) is 13.3. The molecule has 3 aromatic heterocycles. The highest BCUT2D eigenvalue weighted by Gasteiger charge is 2.37. The number of hydrogen-bond donors (Lipinski definition) is 1. The molecule has 1 aliphatic heterocycles. The van der Waals surface area contributed by atoms with Gasteiger partial charge in [0.15, 0.2) is 47.5 Å². The molecule has 14 heteroatoms. The second kappa shape index (κ2) is 15.9. The molecule has 0 atom stereocenters. The third kappa shape index (κ3) is 8.46. The highest BCUT2D eigenvalue weighted by atomic mass is 32.1. The predicted octanol–water partition coefficient (Wildman–Crippen LogP) is 9.57. The van der Waals surface area contributed by atoms with E-state index < -0.39 is 14.3 Å². The van der Waals surface area contributed by atoms with E-state index in [0.717, 1.165) is 68.4 Å². The predicted molar refractivity (Wildman–Crippen MR) is 210 cm³/mol. The molecule has 5 aromatic rings. The summed E-state index contributed by atoms with van der Waals surface area (Å²) in [7, 11) is -0.440. The average molecular weight is 763 g/mol. The zero-order valence-corrected chi connectivity index (χ0v) is 33.6. The summed E-state index contributed by atoms with van der Waals surface area (Å²) in [6, 6.07) is 13.2. The fourth-order valence-corrected chi connectivity index (χ4v) is 8.91. The maximum atomic E-state index is 15.0. The van der Waals surface area contributed by atoms with Crippen molar-refractivity contribution in [2.24, 2.45) is 0 Å². The highest BCUT2D eigenvalue weighted by molar-refractivity contribution is 7.22. The molecule has 52 heavy (non-hydrogen) atoms. The van der Waals surface area contributed by atoms with Gasteiger partial charge in [-0.1, -0.05) is 50.3 Å². The smallest absolute Gasteiger partial charge is 0.357 e. The van der Waals surface area contributed by atoms with Crippen LogP contribution in [0.2, 0.25) is 18.1 Å². The van der Waals surface area contributed by atoms with Crippen molar-refractivity contribution < 1.29 is 23.1 Å². The second-order valence-corrected chi connectivity index (χ2v) is 21.4. The summed E-state index contributed by atoms with van der Waals surface area (Å²) >= 11 is 3.01. The number of fused-ring (bicyclic) bond motifs is 2. The minimum Gasteiger partial charge on any atom is -0.491 e. The van der Waals surface area contributed by atoms with E-state index in [0.29, 0.717) is 36.9 Å². The van der Waals surface area contributed by atoms with E-state index in [1.54, 1.807) is 23.5 Å². The summed E-state index contributed by atoms with van der Waals surface area (Å²) < 4.78 is 33.3. The topological polar surface area (TPSA) is 112 Å². The van der Waals surface area contributed by atoms with Gasteiger partial charge < -0.3 is 24.1 Å². The van der Waals surface area contributed by atoms with Crippen LogP contribution in [0, 0.1) is 12.7 Å². The van der Waals surface area contributed by atoms with Crippen LogP contribution in [0.5, 0.6) is 5.75 Å². The Hall–Kier alpha value is -3.98. The minimum absolute atomic E-state index is 0.164. The van der Waals surface area contributed by atoms with Crippen LogP contribution in [0.25, 0.3) is 10.2 Å². The molecule has 276 valence electrons. The monoisotopic (exact) mass is 762 g/mol. The number of thiazole rings is 2. The molecule has 4 heterocycles. The molecule has 1 N–H and O–H groups in total. The fraction of sp³-hybridized carbons (Fsp3) is 0.447. The third-order valence-corrected chi connectivity index (χ3v) is 16.5. The van der Waals surface area contributed by atoms with Gasteiger partial charge >= 0.3 is 5.97 Å². The maximum absolute atomic E-state index is 15.0. The first-order valence-electron chi connectivity index (χ1n) is 17.7. The first-order valence-corrected chi connectivity index (χ1v) is 22.3. The van der Waals surface area contributed by atoms with Crippen LogP contribution in [-0.4, -0.2) is 61.3 Å². The molecule has 0 unspecified atom stereocenters. The van der Waals surface area contributed by atoms with Crippen molar-refractivity contribution in [3.05, 3.63) is 75.5 Å². The average Bonchev–Trinajstić information content (AvgIpc) is 3.73. The largest absolute Gasteiger partial charge is 0.491 e. The van der Waals surface area contributed by atoms with E-state index in [9.17, 15) is 9.18 Å². The molecule has 6 rings (SSSR count). The molecule has 0 fully saturated rings. The second-order valence-electron chi connectivity index (χ2n) is 14.5. The number of hydrogen-bond acceptors (Lipinski definition) is 12. The lowest BCUT2D eigenvalue weighted by Crippen LogP contribution is -2.41. The number of halogens is 1. The number of benzene rings is 2. The van der Waals surface area contributed by atoms with E-state index in [1.807, 2.05) is 42.2 Å². The van der Waals surface area contributed by atoms with Gasteiger partial charge in [-0.3, -0.25) is 0 Å². The summed E-state index contributed by atoms with van der Waals surface area (Å²) in [6.45, 7) is 14.9.